The van der Waals surface area contributed by atoms with Gasteiger partial charge < -0.3 is 10.2 Å². The second kappa shape index (κ2) is 8.59. The number of hydrogen-bond donors (Lipinski definition) is 1. The molecule has 0 bridgehead atoms. The molecule has 0 unspecified atom stereocenters. The molecule has 0 radical (unpaired) electrons. The van der Waals surface area contributed by atoms with E-state index in [9.17, 15) is 9.59 Å². The maximum Gasteiger partial charge on any atom is 0.231 e. The van der Waals surface area contributed by atoms with Gasteiger partial charge in [0, 0.05) is 25.2 Å². The lowest BCUT2D eigenvalue weighted by Gasteiger charge is -2.16. The van der Waals surface area contributed by atoms with Crippen LogP contribution in [-0.4, -0.2) is 30.3 Å². The van der Waals surface area contributed by atoms with Gasteiger partial charge in [0.2, 0.25) is 11.8 Å². The van der Waals surface area contributed by atoms with Gasteiger partial charge in [-0.1, -0.05) is 37.1 Å². The molecule has 4 nitrogen and oxygen atoms in total. The van der Waals surface area contributed by atoms with Crippen LogP contribution in [0.1, 0.15) is 31.7 Å². The van der Waals surface area contributed by atoms with Crippen LogP contribution in [0, 0.1) is 0 Å². The highest BCUT2D eigenvalue weighted by Gasteiger charge is 2.13. The predicted molar refractivity (Wildman–Crippen MR) is 80.5 cm³/mol. The average Bonchev–Trinajstić information content (AvgIpc) is 2.44. The summed E-state index contributed by atoms with van der Waals surface area (Å²) in [6.07, 6.45) is 1.88. The summed E-state index contributed by atoms with van der Waals surface area (Å²) >= 11 is 5.78. The molecule has 0 aliphatic carbocycles. The van der Waals surface area contributed by atoms with Crippen molar-refractivity contribution < 1.29 is 9.59 Å². The molecule has 0 aromatic heterocycles. The van der Waals surface area contributed by atoms with E-state index >= 15 is 0 Å². The SMILES string of the molecule is CCCCN(C)C(=O)CC(=O)NCc1ccc(Cl)cc1. The lowest BCUT2D eigenvalue weighted by Crippen LogP contribution is -2.33. The highest BCUT2D eigenvalue weighted by atomic mass is 35.5. The number of hydrogen-bond acceptors (Lipinski definition) is 2. The predicted octanol–water partition coefficient (Wildman–Crippen LogP) is 2.60. The lowest BCUT2D eigenvalue weighted by molar-refractivity contribution is -0.135. The number of nitrogens with one attached hydrogen (secondary N) is 1. The molecule has 0 heterocycles. The van der Waals surface area contributed by atoms with Crippen molar-refractivity contribution in [2.24, 2.45) is 0 Å². The molecule has 110 valence electrons. The van der Waals surface area contributed by atoms with Crippen LogP contribution in [0.25, 0.3) is 0 Å². The highest BCUT2D eigenvalue weighted by molar-refractivity contribution is 6.30. The normalized spacial score (nSPS) is 10.2. The van der Waals surface area contributed by atoms with Gasteiger partial charge in [-0.25, -0.2) is 0 Å². The minimum absolute atomic E-state index is 0.103. The number of carbonyl (C=O) groups is 2. The van der Waals surface area contributed by atoms with Crippen LogP contribution in [0.15, 0.2) is 24.3 Å². The van der Waals surface area contributed by atoms with Gasteiger partial charge in [0.25, 0.3) is 0 Å². The molecular formula is C15H21ClN2O2. The van der Waals surface area contributed by atoms with E-state index in [1.165, 1.54) is 0 Å². The molecule has 0 atom stereocenters. The first-order valence-electron chi connectivity index (χ1n) is 6.78. The third-order valence-electron chi connectivity index (χ3n) is 2.99. The Hall–Kier alpha value is -1.55. The van der Waals surface area contributed by atoms with Gasteiger partial charge >= 0.3 is 0 Å². The van der Waals surface area contributed by atoms with Crippen molar-refractivity contribution in [3.8, 4) is 0 Å². The Morgan fingerprint density at radius 3 is 2.50 bits per heavy atom. The Bertz CT molecular complexity index is 446. The van der Waals surface area contributed by atoms with Crippen molar-refractivity contribution >= 4 is 23.4 Å². The van der Waals surface area contributed by atoms with E-state index < -0.39 is 0 Å². The van der Waals surface area contributed by atoms with Crippen molar-refractivity contribution in [3.63, 3.8) is 0 Å². The number of carbonyl (C=O) groups excluding carboxylic acids is 2. The fourth-order valence-corrected chi connectivity index (χ4v) is 1.78. The Morgan fingerprint density at radius 1 is 1.25 bits per heavy atom. The molecule has 5 heteroatoms. The molecular weight excluding hydrogens is 276 g/mol. The smallest absolute Gasteiger partial charge is 0.231 e. The summed E-state index contributed by atoms with van der Waals surface area (Å²) in [6, 6.07) is 7.23. The average molecular weight is 297 g/mol. The second-order valence-corrected chi connectivity index (χ2v) is 5.19. The van der Waals surface area contributed by atoms with E-state index in [2.05, 4.69) is 12.2 Å². The minimum Gasteiger partial charge on any atom is -0.352 e. The molecule has 1 rings (SSSR count). The Morgan fingerprint density at radius 2 is 1.90 bits per heavy atom. The molecule has 0 spiro atoms. The van der Waals surface area contributed by atoms with Crippen LogP contribution < -0.4 is 5.32 Å². The summed E-state index contributed by atoms with van der Waals surface area (Å²) in [7, 11) is 1.73. The zero-order chi connectivity index (χ0) is 15.0. The first kappa shape index (κ1) is 16.5. The summed E-state index contributed by atoms with van der Waals surface area (Å²) < 4.78 is 0. The molecule has 20 heavy (non-hydrogen) atoms. The summed E-state index contributed by atoms with van der Waals surface area (Å²) in [6.45, 7) is 3.17. The van der Waals surface area contributed by atoms with Gasteiger partial charge in [-0.15, -0.1) is 0 Å². The monoisotopic (exact) mass is 296 g/mol. The van der Waals surface area contributed by atoms with Gasteiger partial charge in [-0.2, -0.15) is 0 Å². The van der Waals surface area contributed by atoms with E-state index in [1.807, 2.05) is 12.1 Å². The fourth-order valence-electron chi connectivity index (χ4n) is 1.66. The summed E-state index contributed by atoms with van der Waals surface area (Å²) in [5.41, 5.74) is 0.953. The van der Waals surface area contributed by atoms with E-state index in [0.717, 1.165) is 18.4 Å². The zero-order valence-electron chi connectivity index (χ0n) is 12.0. The summed E-state index contributed by atoms with van der Waals surface area (Å²) in [4.78, 5) is 25.1. The van der Waals surface area contributed by atoms with Gasteiger partial charge in [0.1, 0.15) is 6.42 Å². The van der Waals surface area contributed by atoms with E-state index in [0.29, 0.717) is 18.1 Å². The lowest BCUT2D eigenvalue weighted by atomic mass is 10.2. The van der Waals surface area contributed by atoms with Crippen molar-refractivity contribution in [2.45, 2.75) is 32.7 Å². The molecule has 1 aromatic carbocycles. The molecule has 1 aromatic rings. The van der Waals surface area contributed by atoms with Crippen LogP contribution >= 0.6 is 11.6 Å². The number of benzene rings is 1. The Kier molecular flexibility index (Phi) is 7.09. The standard InChI is InChI=1S/C15H21ClN2O2/c1-3-4-9-18(2)15(20)10-14(19)17-11-12-5-7-13(16)8-6-12/h5-8H,3-4,9-11H2,1-2H3,(H,17,19). The van der Waals surface area contributed by atoms with Crippen LogP contribution in [0.3, 0.4) is 0 Å². The van der Waals surface area contributed by atoms with Crippen LogP contribution in [0.4, 0.5) is 0 Å². The van der Waals surface area contributed by atoms with Crippen LogP contribution in [0.5, 0.6) is 0 Å². The van der Waals surface area contributed by atoms with Crippen LogP contribution in [-0.2, 0) is 16.1 Å². The topological polar surface area (TPSA) is 49.4 Å². The Labute approximate surface area is 125 Å². The van der Waals surface area contributed by atoms with Crippen molar-refractivity contribution in [1.82, 2.24) is 10.2 Å². The zero-order valence-corrected chi connectivity index (χ0v) is 12.7. The van der Waals surface area contributed by atoms with Gasteiger partial charge in [0.05, 0.1) is 0 Å². The molecule has 0 aliphatic heterocycles. The minimum atomic E-state index is -0.256. The molecule has 0 saturated heterocycles. The first-order chi connectivity index (χ1) is 9.52. The maximum atomic E-state index is 11.8. The van der Waals surface area contributed by atoms with Crippen molar-refractivity contribution in [2.75, 3.05) is 13.6 Å². The van der Waals surface area contributed by atoms with Gasteiger partial charge in [0.15, 0.2) is 0 Å². The third kappa shape index (κ3) is 6.06. The fraction of sp³-hybridized carbons (Fsp3) is 0.467. The number of rotatable bonds is 7. The largest absolute Gasteiger partial charge is 0.352 e. The molecule has 2 amide bonds. The molecule has 1 N–H and O–H groups in total. The second-order valence-electron chi connectivity index (χ2n) is 4.75. The molecule has 0 fully saturated rings. The van der Waals surface area contributed by atoms with E-state index in [4.69, 9.17) is 11.6 Å². The van der Waals surface area contributed by atoms with E-state index in [-0.39, 0.29) is 18.2 Å². The first-order valence-corrected chi connectivity index (χ1v) is 7.15. The number of nitrogens with zero attached hydrogens (tertiary/aromatic N) is 1. The van der Waals surface area contributed by atoms with Crippen molar-refractivity contribution in [3.05, 3.63) is 34.9 Å². The summed E-state index contributed by atoms with van der Waals surface area (Å²) in [5, 5.41) is 3.39. The number of unbranched alkanes of at least 4 members (excludes halogenated alkanes) is 1. The number of halogens is 1. The van der Waals surface area contributed by atoms with E-state index in [1.54, 1.807) is 24.1 Å². The third-order valence-corrected chi connectivity index (χ3v) is 3.24. The summed E-state index contributed by atoms with van der Waals surface area (Å²) in [5.74, 6) is -0.402. The van der Waals surface area contributed by atoms with Gasteiger partial charge in [-0.05, 0) is 24.1 Å². The van der Waals surface area contributed by atoms with Crippen LogP contribution in [0.2, 0.25) is 5.02 Å². The molecule has 0 saturated carbocycles. The highest BCUT2D eigenvalue weighted by Crippen LogP contribution is 2.09. The van der Waals surface area contributed by atoms with Crippen molar-refractivity contribution in [1.29, 1.82) is 0 Å². The quantitative estimate of drug-likeness (QED) is 0.786. The maximum absolute atomic E-state index is 11.8. The van der Waals surface area contributed by atoms with Gasteiger partial charge in [-0.3, -0.25) is 9.59 Å². The molecule has 0 aliphatic rings. The Balaban J connectivity index is 2.32. The number of amides is 2.